The largest absolute Gasteiger partial charge is 0.384 e. The van der Waals surface area contributed by atoms with Gasteiger partial charge < -0.3 is 5.73 Å². The molecule has 4 rings (SSSR count). The summed E-state index contributed by atoms with van der Waals surface area (Å²) in [6, 6.07) is 10.5. The third kappa shape index (κ3) is 3.42. The van der Waals surface area contributed by atoms with Crippen LogP contribution < -0.4 is 10.6 Å². The molecule has 0 radical (unpaired) electrons. The van der Waals surface area contributed by atoms with Gasteiger partial charge >= 0.3 is 0 Å². The fourth-order valence-corrected chi connectivity index (χ4v) is 6.27. The number of ketones is 1. The summed E-state index contributed by atoms with van der Waals surface area (Å²) in [6.07, 6.45) is 3.54. The number of aryl methyl sites for hydroxylation is 1. The number of rotatable bonds is 4. The molecule has 0 saturated carbocycles. The maximum absolute atomic E-state index is 13.2. The number of carbonyl (C=O) groups is 1. The van der Waals surface area contributed by atoms with Crippen LogP contribution in [-0.4, -0.2) is 17.0 Å². The van der Waals surface area contributed by atoms with Crippen molar-refractivity contribution < 1.29 is 9.72 Å². The Balaban J connectivity index is 2.03. The maximum atomic E-state index is 13.2. The van der Waals surface area contributed by atoms with Crippen LogP contribution in [0.5, 0.6) is 0 Å². The van der Waals surface area contributed by atoms with Gasteiger partial charge in [0.05, 0.1) is 26.7 Å². The number of nitriles is 1. The Bertz CT molecular complexity index is 1210. The maximum Gasteiger partial charge on any atom is 0.293 e. The molecular weight excluding hydrogens is 432 g/mol. The number of nitrogens with zero attached hydrogens (tertiary/aromatic N) is 3. The molecule has 2 heterocycles. The zero-order valence-electron chi connectivity index (χ0n) is 17.0. The summed E-state index contributed by atoms with van der Waals surface area (Å²) in [4.78, 5) is 27.0. The summed E-state index contributed by atoms with van der Waals surface area (Å²) in [5.41, 5.74) is 9.01. The molecule has 0 bridgehead atoms. The summed E-state index contributed by atoms with van der Waals surface area (Å²) in [5.74, 6) is -0.448. The van der Waals surface area contributed by atoms with Crippen molar-refractivity contribution in [1.29, 1.82) is 5.26 Å². The van der Waals surface area contributed by atoms with Gasteiger partial charge in [0.15, 0.2) is 5.78 Å². The minimum absolute atomic E-state index is 0.0361. The smallest absolute Gasteiger partial charge is 0.293 e. The Morgan fingerprint density at radius 1 is 1.35 bits per heavy atom. The van der Waals surface area contributed by atoms with Crippen molar-refractivity contribution in [2.24, 2.45) is 5.73 Å². The zero-order chi connectivity index (χ0) is 22.3. The molecule has 1 aliphatic carbocycles. The number of anilines is 1. The summed E-state index contributed by atoms with van der Waals surface area (Å²) >= 11 is 3.20. The van der Waals surface area contributed by atoms with Crippen LogP contribution in [0, 0.1) is 28.4 Å². The van der Waals surface area contributed by atoms with Gasteiger partial charge in [0.1, 0.15) is 11.5 Å². The van der Waals surface area contributed by atoms with Crippen LogP contribution in [0.1, 0.15) is 35.6 Å². The second-order valence-electron chi connectivity index (χ2n) is 7.37. The standard InChI is InChI=1S/C22H20N4O3S2/c1-12-10-13(22(30-2)31-12)19-14(11-23)21(24)25(17-8-5-9-18(27)20(17)19)15-6-3-4-7-16(15)26(28)29/h3-4,6-7,10,19H,5,8-9,24H2,1-2H3/t19-/m1/s1. The Labute approximate surface area is 188 Å². The third-order valence-corrected chi connectivity index (χ3v) is 7.79. The number of nitro benzene ring substituents is 1. The van der Waals surface area contributed by atoms with Gasteiger partial charge in [0.2, 0.25) is 0 Å². The van der Waals surface area contributed by atoms with E-state index in [1.807, 2.05) is 19.2 Å². The number of allylic oxidation sites excluding steroid dienone is 3. The third-order valence-electron chi connectivity index (χ3n) is 5.58. The van der Waals surface area contributed by atoms with Crippen LogP contribution in [0.3, 0.4) is 0 Å². The molecule has 1 aromatic carbocycles. The van der Waals surface area contributed by atoms with E-state index in [2.05, 4.69) is 6.07 Å². The summed E-state index contributed by atoms with van der Waals surface area (Å²) in [6.45, 7) is 1.99. The van der Waals surface area contributed by atoms with E-state index >= 15 is 0 Å². The lowest BCUT2D eigenvalue weighted by Crippen LogP contribution is -2.39. The molecule has 1 atom stereocenters. The second-order valence-corrected chi connectivity index (χ2v) is 9.70. The topological polar surface area (TPSA) is 113 Å². The Morgan fingerprint density at radius 3 is 2.77 bits per heavy atom. The Kier molecular flexibility index (Phi) is 5.60. The molecule has 1 aromatic heterocycles. The van der Waals surface area contributed by atoms with Gasteiger partial charge in [-0.2, -0.15) is 5.26 Å². The van der Waals surface area contributed by atoms with Gasteiger partial charge in [-0.1, -0.05) is 12.1 Å². The quantitative estimate of drug-likeness (QED) is 0.395. The van der Waals surface area contributed by atoms with Crippen LogP contribution in [0.15, 0.2) is 57.2 Å². The molecule has 1 aliphatic heterocycles. The first kappa shape index (κ1) is 21.2. The average Bonchev–Trinajstić information content (AvgIpc) is 3.13. The number of thiophene rings is 1. The first-order valence-electron chi connectivity index (χ1n) is 9.72. The molecule has 9 heteroatoms. The highest BCUT2D eigenvalue weighted by Gasteiger charge is 2.42. The van der Waals surface area contributed by atoms with Crippen molar-refractivity contribution in [3.8, 4) is 6.07 Å². The molecule has 31 heavy (non-hydrogen) atoms. The van der Waals surface area contributed by atoms with Crippen LogP contribution in [0.25, 0.3) is 0 Å². The van der Waals surface area contributed by atoms with Gasteiger partial charge in [0.25, 0.3) is 5.69 Å². The van der Waals surface area contributed by atoms with E-state index < -0.39 is 10.8 Å². The van der Waals surface area contributed by atoms with Crippen LogP contribution in [-0.2, 0) is 4.79 Å². The Hall–Kier alpha value is -3.09. The number of carbonyl (C=O) groups excluding carboxylic acids is 1. The minimum atomic E-state index is -0.556. The summed E-state index contributed by atoms with van der Waals surface area (Å²) in [7, 11) is 0. The Morgan fingerprint density at radius 2 is 2.10 bits per heavy atom. The number of Topliss-reactive ketones (excluding diaryl/α,β-unsaturated/α-hetero) is 1. The molecule has 0 amide bonds. The minimum Gasteiger partial charge on any atom is -0.384 e. The summed E-state index contributed by atoms with van der Waals surface area (Å²) < 4.78 is 1.03. The highest BCUT2D eigenvalue weighted by Crippen LogP contribution is 2.50. The molecule has 0 saturated heterocycles. The monoisotopic (exact) mass is 452 g/mol. The summed E-state index contributed by atoms with van der Waals surface area (Å²) in [5, 5.41) is 21.8. The van der Waals surface area contributed by atoms with Crippen molar-refractivity contribution in [2.75, 3.05) is 11.2 Å². The van der Waals surface area contributed by atoms with Crippen LogP contribution in [0.2, 0.25) is 0 Å². The molecule has 2 aromatic rings. The van der Waals surface area contributed by atoms with E-state index in [4.69, 9.17) is 5.73 Å². The number of nitrogens with two attached hydrogens (primary N) is 1. The first-order chi connectivity index (χ1) is 14.9. The van der Waals surface area contributed by atoms with Gasteiger partial charge in [-0.25, -0.2) is 0 Å². The zero-order valence-corrected chi connectivity index (χ0v) is 18.7. The lowest BCUT2D eigenvalue weighted by atomic mass is 9.76. The van der Waals surface area contributed by atoms with E-state index in [1.54, 1.807) is 46.2 Å². The van der Waals surface area contributed by atoms with Crippen LogP contribution in [0.4, 0.5) is 11.4 Å². The lowest BCUT2D eigenvalue weighted by molar-refractivity contribution is -0.384. The van der Waals surface area contributed by atoms with Gasteiger partial charge in [-0.05, 0) is 43.7 Å². The fraction of sp³-hybridized carbons (Fsp3) is 0.273. The van der Waals surface area contributed by atoms with E-state index in [0.29, 0.717) is 30.5 Å². The molecule has 0 fully saturated rings. The van der Waals surface area contributed by atoms with Crippen molar-refractivity contribution >= 4 is 40.3 Å². The normalized spacial score (nSPS) is 18.8. The number of nitro groups is 1. The number of hydrogen-bond acceptors (Lipinski definition) is 8. The number of hydrogen-bond donors (Lipinski definition) is 1. The molecule has 0 spiro atoms. The molecule has 2 N–H and O–H groups in total. The predicted octanol–water partition coefficient (Wildman–Crippen LogP) is 4.99. The average molecular weight is 453 g/mol. The van der Waals surface area contributed by atoms with E-state index in [9.17, 15) is 20.2 Å². The molecule has 158 valence electrons. The van der Waals surface area contributed by atoms with E-state index in [1.165, 1.54) is 6.07 Å². The molecule has 2 aliphatic rings. The van der Waals surface area contributed by atoms with Crippen molar-refractivity contribution in [1.82, 2.24) is 0 Å². The molecule has 0 unspecified atom stereocenters. The van der Waals surface area contributed by atoms with Gasteiger partial charge in [0, 0.05) is 28.6 Å². The lowest BCUT2D eigenvalue weighted by Gasteiger charge is -2.39. The molecular formula is C22H20N4O3S2. The van der Waals surface area contributed by atoms with Crippen molar-refractivity contribution in [2.45, 2.75) is 36.3 Å². The van der Waals surface area contributed by atoms with Crippen LogP contribution >= 0.6 is 23.1 Å². The first-order valence-corrected chi connectivity index (χ1v) is 11.8. The van der Waals surface area contributed by atoms with E-state index in [-0.39, 0.29) is 28.6 Å². The van der Waals surface area contributed by atoms with Crippen molar-refractivity contribution in [3.05, 3.63) is 73.6 Å². The number of benzene rings is 1. The number of thioether (sulfide) groups is 1. The highest BCUT2D eigenvalue weighted by molar-refractivity contribution is 8.00. The van der Waals surface area contributed by atoms with E-state index in [0.717, 1.165) is 14.6 Å². The van der Waals surface area contributed by atoms with Gasteiger partial charge in [-0.3, -0.25) is 19.8 Å². The number of para-hydroxylation sites is 2. The second kappa shape index (κ2) is 8.21. The van der Waals surface area contributed by atoms with Gasteiger partial charge in [-0.15, -0.1) is 23.1 Å². The highest BCUT2D eigenvalue weighted by atomic mass is 32.2. The van der Waals surface area contributed by atoms with Crippen molar-refractivity contribution in [3.63, 3.8) is 0 Å². The fourth-order valence-electron chi connectivity index (χ4n) is 4.35. The predicted molar refractivity (Wildman–Crippen MR) is 122 cm³/mol. The molecule has 7 nitrogen and oxygen atoms in total. The SMILES string of the molecule is CSc1sc(C)cc1[C@@H]1C(C#N)=C(N)N(c2ccccc2[N+](=O)[O-])C2=C1C(=O)CCC2.